The van der Waals surface area contributed by atoms with Crippen molar-refractivity contribution in [2.24, 2.45) is 0 Å². The Hall–Kier alpha value is -1.07. The molecular weight excluding hydrogens is 277 g/mol. The summed E-state index contributed by atoms with van der Waals surface area (Å²) in [7, 11) is 0. The summed E-state index contributed by atoms with van der Waals surface area (Å²) in [4.78, 5) is 11.9. The first-order valence-electron chi connectivity index (χ1n) is 6.90. The maximum absolute atomic E-state index is 13.4. The quantitative estimate of drug-likeness (QED) is 0.849. The van der Waals surface area contributed by atoms with Crippen LogP contribution in [0.15, 0.2) is 18.2 Å². The van der Waals surface area contributed by atoms with Gasteiger partial charge in [0.15, 0.2) is 0 Å². The second-order valence-electron chi connectivity index (χ2n) is 4.90. The second kappa shape index (κ2) is 7.64. The molecule has 1 heterocycles. The van der Waals surface area contributed by atoms with E-state index in [0.29, 0.717) is 22.9 Å². The molecule has 1 aromatic rings. The number of hydrogen-bond donors (Lipinski definition) is 1. The summed E-state index contributed by atoms with van der Waals surface area (Å²) in [5.41, 5.74) is 0.931. The maximum atomic E-state index is 13.4. The average molecular weight is 297 g/mol. The molecule has 1 aromatic carbocycles. The number of ether oxygens (including phenoxy) is 1. The number of nitrogens with one attached hydrogen (secondary N) is 1. The van der Waals surface area contributed by atoms with E-state index in [1.807, 2.05) is 11.8 Å². The lowest BCUT2D eigenvalue weighted by Crippen LogP contribution is -2.27. The summed E-state index contributed by atoms with van der Waals surface area (Å²) < 4.78 is 18.7. The predicted octanol–water partition coefficient (Wildman–Crippen LogP) is 2.78. The minimum absolute atomic E-state index is 0.212. The Kier molecular flexibility index (Phi) is 5.86. The standard InChI is InChI=1S/C15H20FNO2S/c1-11-2-3-12(10-14(11)16)15(18)17-6-9-20-13-4-7-19-8-5-13/h2-3,10,13H,4-9H2,1H3,(H,17,18). The lowest BCUT2D eigenvalue weighted by molar-refractivity contribution is 0.0954. The van der Waals surface area contributed by atoms with E-state index in [-0.39, 0.29) is 11.7 Å². The van der Waals surface area contributed by atoms with Crippen LogP contribution in [-0.4, -0.2) is 36.7 Å². The largest absolute Gasteiger partial charge is 0.381 e. The topological polar surface area (TPSA) is 38.3 Å². The van der Waals surface area contributed by atoms with Gasteiger partial charge in [-0.2, -0.15) is 11.8 Å². The van der Waals surface area contributed by atoms with E-state index in [1.54, 1.807) is 19.1 Å². The number of aryl methyl sites for hydroxylation is 1. The number of amides is 1. The molecule has 1 N–H and O–H groups in total. The van der Waals surface area contributed by atoms with Gasteiger partial charge < -0.3 is 10.1 Å². The molecule has 0 spiro atoms. The zero-order chi connectivity index (χ0) is 14.4. The van der Waals surface area contributed by atoms with Crippen LogP contribution in [0.4, 0.5) is 4.39 Å². The summed E-state index contributed by atoms with van der Waals surface area (Å²) in [5, 5.41) is 3.46. The Morgan fingerprint density at radius 1 is 1.45 bits per heavy atom. The molecule has 1 saturated heterocycles. The van der Waals surface area contributed by atoms with Gasteiger partial charge in [-0.3, -0.25) is 4.79 Å². The molecule has 20 heavy (non-hydrogen) atoms. The van der Waals surface area contributed by atoms with E-state index in [0.717, 1.165) is 31.8 Å². The number of rotatable bonds is 5. The van der Waals surface area contributed by atoms with Gasteiger partial charge in [-0.1, -0.05) is 6.07 Å². The molecule has 0 saturated carbocycles. The first-order valence-corrected chi connectivity index (χ1v) is 7.95. The normalized spacial score (nSPS) is 16.1. The third-order valence-corrected chi connectivity index (χ3v) is 4.73. The van der Waals surface area contributed by atoms with Gasteiger partial charge in [0.05, 0.1) is 0 Å². The molecule has 1 amide bonds. The van der Waals surface area contributed by atoms with Gasteiger partial charge in [0.2, 0.25) is 0 Å². The molecular formula is C15H20FNO2S. The number of benzene rings is 1. The number of hydrogen-bond acceptors (Lipinski definition) is 3. The van der Waals surface area contributed by atoms with Gasteiger partial charge in [0.25, 0.3) is 5.91 Å². The van der Waals surface area contributed by atoms with Crippen LogP contribution in [0.1, 0.15) is 28.8 Å². The van der Waals surface area contributed by atoms with Crippen molar-refractivity contribution in [3.8, 4) is 0 Å². The van der Waals surface area contributed by atoms with Gasteiger partial charge in [-0.25, -0.2) is 4.39 Å². The van der Waals surface area contributed by atoms with Crippen molar-refractivity contribution >= 4 is 17.7 Å². The van der Waals surface area contributed by atoms with Crippen LogP contribution in [0.5, 0.6) is 0 Å². The highest BCUT2D eigenvalue weighted by Crippen LogP contribution is 2.21. The van der Waals surface area contributed by atoms with Crippen molar-refractivity contribution in [3.05, 3.63) is 35.1 Å². The lowest BCUT2D eigenvalue weighted by Gasteiger charge is -2.21. The molecule has 1 fully saturated rings. The third-order valence-electron chi connectivity index (χ3n) is 3.34. The first kappa shape index (κ1) is 15.3. The Balaban J connectivity index is 1.70. The summed E-state index contributed by atoms with van der Waals surface area (Å²) in [6, 6.07) is 4.57. The van der Waals surface area contributed by atoms with Crippen molar-refractivity contribution in [1.82, 2.24) is 5.32 Å². The minimum atomic E-state index is -0.339. The summed E-state index contributed by atoms with van der Waals surface area (Å²) in [6.07, 6.45) is 2.17. The third kappa shape index (κ3) is 4.49. The second-order valence-corrected chi connectivity index (χ2v) is 6.31. The fraction of sp³-hybridized carbons (Fsp3) is 0.533. The molecule has 110 valence electrons. The Morgan fingerprint density at radius 2 is 2.20 bits per heavy atom. The monoisotopic (exact) mass is 297 g/mol. The van der Waals surface area contributed by atoms with Crippen molar-refractivity contribution in [2.75, 3.05) is 25.5 Å². The molecule has 0 radical (unpaired) electrons. The molecule has 0 atom stereocenters. The van der Waals surface area contributed by atoms with Gasteiger partial charge in [-0.15, -0.1) is 0 Å². The zero-order valence-electron chi connectivity index (χ0n) is 11.7. The molecule has 2 rings (SSSR count). The summed E-state index contributed by atoms with van der Waals surface area (Å²) in [6.45, 7) is 3.97. The van der Waals surface area contributed by atoms with Gasteiger partial charge >= 0.3 is 0 Å². The highest BCUT2D eigenvalue weighted by Gasteiger charge is 2.14. The molecule has 0 aromatic heterocycles. The number of thioether (sulfide) groups is 1. The summed E-state index contributed by atoms with van der Waals surface area (Å²) in [5.74, 6) is 0.329. The molecule has 0 aliphatic carbocycles. The Morgan fingerprint density at radius 3 is 2.90 bits per heavy atom. The van der Waals surface area contributed by atoms with E-state index in [9.17, 15) is 9.18 Å². The van der Waals surface area contributed by atoms with Crippen LogP contribution >= 0.6 is 11.8 Å². The SMILES string of the molecule is Cc1ccc(C(=O)NCCSC2CCOCC2)cc1F. The fourth-order valence-corrected chi connectivity index (χ4v) is 3.15. The Labute approximate surface area is 123 Å². The van der Waals surface area contributed by atoms with E-state index >= 15 is 0 Å². The van der Waals surface area contributed by atoms with E-state index < -0.39 is 0 Å². The molecule has 5 heteroatoms. The number of carbonyl (C=O) groups is 1. The van der Waals surface area contributed by atoms with Gasteiger partial charge in [-0.05, 0) is 37.5 Å². The van der Waals surface area contributed by atoms with Crippen LogP contribution in [-0.2, 0) is 4.74 Å². The average Bonchev–Trinajstić information content (AvgIpc) is 2.47. The molecule has 1 aliphatic rings. The zero-order valence-corrected chi connectivity index (χ0v) is 12.5. The maximum Gasteiger partial charge on any atom is 0.251 e. The minimum Gasteiger partial charge on any atom is -0.381 e. The number of carbonyl (C=O) groups excluding carboxylic acids is 1. The molecule has 0 bridgehead atoms. The van der Waals surface area contributed by atoms with Crippen LogP contribution in [0.25, 0.3) is 0 Å². The van der Waals surface area contributed by atoms with Crippen LogP contribution in [0, 0.1) is 12.7 Å². The fourth-order valence-electron chi connectivity index (χ4n) is 2.07. The predicted molar refractivity (Wildman–Crippen MR) is 79.8 cm³/mol. The summed E-state index contributed by atoms with van der Waals surface area (Å²) >= 11 is 1.87. The highest BCUT2D eigenvalue weighted by molar-refractivity contribution is 7.99. The van der Waals surface area contributed by atoms with Crippen molar-refractivity contribution in [1.29, 1.82) is 0 Å². The molecule has 3 nitrogen and oxygen atoms in total. The van der Waals surface area contributed by atoms with Crippen molar-refractivity contribution in [3.63, 3.8) is 0 Å². The van der Waals surface area contributed by atoms with E-state index in [1.165, 1.54) is 6.07 Å². The van der Waals surface area contributed by atoms with Crippen LogP contribution < -0.4 is 5.32 Å². The van der Waals surface area contributed by atoms with Crippen molar-refractivity contribution in [2.45, 2.75) is 25.0 Å². The number of halogens is 1. The van der Waals surface area contributed by atoms with Crippen LogP contribution in [0.3, 0.4) is 0 Å². The highest BCUT2D eigenvalue weighted by atomic mass is 32.2. The van der Waals surface area contributed by atoms with Gasteiger partial charge in [0.1, 0.15) is 5.82 Å². The van der Waals surface area contributed by atoms with Gasteiger partial charge in [0, 0.05) is 36.3 Å². The lowest BCUT2D eigenvalue weighted by atomic mass is 10.1. The van der Waals surface area contributed by atoms with Crippen molar-refractivity contribution < 1.29 is 13.9 Å². The smallest absolute Gasteiger partial charge is 0.251 e. The Bertz CT molecular complexity index is 461. The molecule has 0 unspecified atom stereocenters. The van der Waals surface area contributed by atoms with E-state index in [4.69, 9.17) is 4.74 Å². The first-order chi connectivity index (χ1) is 9.66. The van der Waals surface area contributed by atoms with E-state index in [2.05, 4.69) is 5.32 Å². The molecule has 1 aliphatic heterocycles. The van der Waals surface area contributed by atoms with Crippen LogP contribution in [0.2, 0.25) is 0 Å².